The van der Waals surface area contributed by atoms with Crippen molar-refractivity contribution in [3.8, 4) is 12.3 Å². The van der Waals surface area contributed by atoms with E-state index in [4.69, 9.17) is 25.4 Å². The lowest BCUT2D eigenvalue weighted by atomic mass is 9.93. The molecule has 0 aromatic rings. The molecular weight excluding hydrogens is 292 g/mol. The van der Waals surface area contributed by atoms with Crippen LogP contribution in [0.15, 0.2) is 0 Å². The Morgan fingerprint density at radius 2 is 1.41 bits per heavy atom. The summed E-state index contributed by atoms with van der Waals surface area (Å²) >= 11 is 0. The monoisotopic (exact) mass is 312 g/mol. The van der Waals surface area contributed by atoms with E-state index in [2.05, 4.69) is 5.92 Å². The third-order valence-electron chi connectivity index (χ3n) is 3.09. The Bertz CT molecular complexity index is 479. The highest BCUT2D eigenvalue weighted by molar-refractivity contribution is 5.68. The maximum atomic E-state index is 11.4. The Labute approximate surface area is 129 Å². The fraction of sp³-hybridized carbons (Fsp3) is 0.667. The molecule has 1 fully saturated rings. The minimum atomic E-state index is -0.979. The van der Waals surface area contributed by atoms with Crippen LogP contribution in [0.5, 0.6) is 0 Å². The summed E-state index contributed by atoms with van der Waals surface area (Å²) in [4.78, 5) is 34.0. The summed E-state index contributed by atoms with van der Waals surface area (Å²) in [5, 5.41) is 0. The molecule has 5 atom stereocenters. The second-order valence-electron chi connectivity index (χ2n) is 5.01. The average Bonchev–Trinajstić information content (AvgIpc) is 2.37. The molecular formula is C15H20O7. The van der Waals surface area contributed by atoms with E-state index in [1.807, 2.05) is 0 Å². The summed E-state index contributed by atoms with van der Waals surface area (Å²) in [6, 6.07) is 0. The molecule has 0 N–H and O–H groups in total. The lowest BCUT2D eigenvalue weighted by molar-refractivity contribution is -0.242. The Morgan fingerprint density at radius 3 is 1.86 bits per heavy atom. The van der Waals surface area contributed by atoms with Gasteiger partial charge in [-0.25, -0.2) is 0 Å². The fourth-order valence-electron chi connectivity index (χ4n) is 2.39. The van der Waals surface area contributed by atoms with Crippen molar-refractivity contribution in [2.45, 2.75) is 64.6 Å². The second-order valence-corrected chi connectivity index (χ2v) is 5.01. The van der Waals surface area contributed by atoms with Crippen LogP contribution in [0.3, 0.4) is 0 Å². The highest BCUT2D eigenvalue weighted by Crippen LogP contribution is 2.29. The lowest BCUT2D eigenvalue weighted by Gasteiger charge is -2.43. The summed E-state index contributed by atoms with van der Waals surface area (Å²) in [5.74, 6) is 0.696. The van der Waals surface area contributed by atoms with E-state index in [0.717, 1.165) is 0 Å². The number of ether oxygens (including phenoxy) is 4. The molecule has 0 saturated carbocycles. The molecule has 7 heteroatoms. The van der Waals surface area contributed by atoms with Crippen molar-refractivity contribution in [3.05, 3.63) is 0 Å². The molecule has 0 radical (unpaired) electrons. The zero-order chi connectivity index (χ0) is 16.9. The Balaban J connectivity index is 3.13. The number of hydrogen-bond donors (Lipinski definition) is 0. The van der Waals surface area contributed by atoms with Gasteiger partial charge in [-0.3, -0.25) is 14.4 Å². The third-order valence-corrected chi connectivity index (χ3v) is 3.09. The van der Waals surface area contributed by atoms with E-state index < -0.39 is 48.4 Å². The van der Waals surface area contributed by atoms with Gasteiger partial charge in [0, 0.05) is 27.2 Å². The van der Waals surface area contributed by atoms with Gasteiger partial charge >= 0.3 is 17.9 Å². The van der Waals surface area contributed by atoms with Crippen molar-refractivity contribution in [1.82, 2.24) is 0 Å². The van der Waals surface area contributed by atoms with E-state index in [1.54, 1.807) is 6.92 Å². The van der Waals surface area contributed by atoms with Gasteiger partial charge in [-0.15, -0.1) is 12.3 Å². The molecule has 5 unspecified atom stereocenters. The molecule has 1 aliphatic heterocycles. The summed E-state index contributed by atoms with van der Waals surface area (Å²) in [5.41, 5.74) is 0. The van der Waals surface area contributed by atoms with Crippen LogP contribution in [0.4, 0.5) is 0 Å². The largest absolute Gasteiger partial charge is 0.456 e. The molecule has 1 rings (SSSR count). The topological polar surface area (TPSA) is 88.1 Å². The van der Waals surface area contributed by atoms with Gasteiger partial charge in [0.05, 0.1) is 6.10 Å². The Morgan fingerprint density at radius 1 is 0.955 bits per heavy atom. The predicted octanol–water partition coefficient (Wildman–Crippen LogP) is 0.592. The number of terminal acetylenes is 1. The molecule has 0 bridgehead atoms. The van der Waals surface area contributed by atoms with E-state index in [1.165, 1.54) is 20.8 Å². The highest BCUT2D eigenvalue weighted by Gasteiger charge is 2.49. The normalized spacial score (nSPS) is 30.8. The van der Waals surface area contributed by atoms with Gasteiger partial charge in [-0.05, 0) is 6.92 Å². The van der Waals surface area contributed by atoms with Crippen molar-refractivity contribution >= 4 is 17.9 Å². The van der Waals surface area contributed by atoms with Crippen LogP contribution in [0.25, 0.3) is 0 Å². The lowest BCUT2D eigenvalue weighted by Crippen LogP contribution is -2.60. The summed E-state index contributed by atoms with van der Waals surface area (Å²) < 4.78 is 21.3. The van der Waals surface area contributed by atoms with Gasteiger partial charge in [0.2, 0.25) is 0 Å². The molecule has 0 aromatic heterocycles. The van der Waals surface area contributed by atoms with Crippen molar-refractivity contribution in [2.75, 3.05) is 0 Å². The maximum absolute atomic E-state index is 11.4. The Kier molecular flexibility index (Phi) is 6.38. The van der Waals surface area contributed by atoms with Crippen LogP contribution in [0, 0.1) is 12.3 Å². The summed E-state index contributed by atoms with van der Waals surface area (Å²) in [7, 11) is 0. The van der Waals surface area contributed by atoms with E-state index in [-0.39, 0.29) is 6.42 Å². The van der Waals surface area contributed by atoms with E-state index in [0.29, 0.717) is 0 Å². The number of hydrogen-bond acceptors (Lipinski definition) is 7. The first-order chi connectivity index (χ1) is 10.3. The van der Waals surface area contributed by atoms with Crippen LogP contribution in [0.2, 0.25) is 0 Å². The van der Waals surface area contributed by atoms with Crippen LogP contribution < -0.4 is 0 Å². The molecule has 0 spiro atoms. The quantitative estimate of drug-likeness (QED) is 0.426. The zero-order valence-corrected chi connectivity index (χ0v) is 13.0. The molecule has 1 aliphatic rings. The van der Waals surface area contributed by atoms with Crippen LogP contribution >= 0.6 is 0 Å². The molecule has 7 nitrogen and oxygen atoms in total. The number of rotatable bonds is 4. The molecule has 1 saturated heterocycles. The van der Waals surface area contributed by atoms with Crippen molar-refractivity contribution in [3.63, 3.8) is 0 Å². The number of carbonyl (C=O) groups is 3. The molecule has 0 aliphatic carbocycles. The summed E-state index contributed by atoms with van der Waals surface area (Å²) in [6.45, 7) is 5.33. The average molecular weight is 312 g/mol. The minimum Gasteiger partial charge on any atom is -0.456 e. The van der Waals surface area contributed by atoms with E-state index in [9.17, 15) is 14.4 Å². The van der Waals surface area contributed by atoms with Crippen LogP contribution in [-0.4, -0.2) is 48.4 Å². The van der Waals surface area contributed by atoms with E-state index >= 15 is 0 Å². The molecule has 22 heavy (non-hydrogen) atoms. The van der Waals surface area contributed by atoms with Gasteiger partial charge in [-0.2, -0.15) is 0 Å². The Hall–Kier alpha value is -2.07. The SMILES string of the molecule is C#CCC1OC(C)C(OC(C)=O)C(OC(C)=O)C1OC(C)=O. The van der Waals surface area contributed by atoms with Gasteiger partial charge < -0.3 is 18.9 Å². The maximum Gasteiger partial charge on any atom is 0.303 e. The number of esters is 3. The molecule has 0 aromatic carbocycles. The second kappa shape index (κ2) is 7.80. The minimum absolute atomic E-state index is 0.160. The van der Waals surface area contributed by atoms with Crippen molar-refractivity contribution < 1.29 is 33.3 Å². The fourth-order valence-corrected chi connectivity index (χ4v) is 2.39. The van der Waals surface area contributed by atoms with Crippen LogP contribution in [-0.2, 0) is 33.3 Å². The van der Waals surface area contributed by atoms with Gasteiger partial charge in [0.1, 0.15) is 6.10 Å². The van der Waals surface area contributed by atoms with Crippen molar-refractivity contribution in [1.29, 1.82) is 0 Å². The summed E-state index contributed by atoms with van der Waals surface area (Å²) in [6.07, 6.45) is 1.42. The van der Waals surface area contributed by atoms with Gasteiger partial charge in [0.25, 0.3) is 0 Å². The first kappa shape index (κ1) is 18.0. The molecule has 0 amide bonds. The van der Waals surface area contributed by atoms with Gasteiger partial charge in [0.15, 0.2) is 18.3 Å². The van der Waals surface area contributed by atoms with Crippen LogP contribution in [0.1, 0.15) is 34.1 Å². The first-order valence-electron chi connectivity index (χ1n) is 6.86. The first-order valence-corrected chi connectivity index (χ1v) is 6.86. The predicted molar refractivity (Wildman–Crippen MR) is 74.4 cm³/mol. The molecule has 1 heterocycles. The number of carbonyl (C=O) groups excluding carboxylic acids is 3. The standard InChI is InChI=1S/C15H20O7/c1-6-7-12-14(21-10(4)17)15(22-11(5)18)13(8(2)19-12)20-9(3)16/h1,8,12-15H,7H2,2-5H3. The van der Waals surface area contributed by atoms with Crippen molar-refractivity contribution in [2.24, 2.45) is 0 Å². The van der Waals surface area contributed by atoms with Gasteiger partial charge in [-0.1, -0.05) is 0 Å². The zero-order valence-electron chi connectivity index (χ0n) is 13.0. The third kappa shape index (κ3) is 4.74. The smallest absolute Gasteiger partial charge is 0.303 e. The highest BCUT2D eigenvalue weighted by atomic mass is 16.6. The molecule has 122 valence electrons.